The Bertz CT molecular complexity index is 957. The van der Waals surface area contributed by atoms with Gasteiger partial charge in [-0.25, -0.2) is 13.1 Å². The van der Waals surface area contributed by atoms with E-state index in [0.717, 1.165) is 18.5 Å². The van der Waals surface area contributed by atoms with E-state index in [1.165, 1.54) is 12.5 Å². The first kappa shape index (κ1) is 18.5. The minimum Gasteiger partial charge on any atom is -0.308 e. The summed E-state index contributed by atoms with van der Waals surface area (Å²) in [7, 11) is -4.02. The van der Waals surface area contributed by atoms with Crippen molar-refractivity contribution < 1.29 is 13.3 Å². The van der Waals surface area contributed by atoms with Gasteiger partial charge in [0.1, 0.15) is 0 Å². The van der Waals surface area contributed by atoms with Crippen LogP contribution in [0.4, 0.5) is 5.69 Å². The molecule has 0 spiro atoms. The van der Waals surface area contributed by atoms with Crippen molar-refractivity contribution in [3.8, 4) is 0 Å². The predicted molar refractivity (Wildman–Crippen MR) is 98.6 cm³/mol. The van der Waals surface area contributed by atoms with Crippen molar-refractivity contribution in [1.82, 2.24) is 10.0 Å². The van der Waals surface area contributed by atoms with Gasteiger partial charge in [-0.05, 0) is 43.5 Å². The molecule has 1 unspecified atom stereocenters. The van der Waals surface area contributed by atoms with E-state index in [1.807, 2.05) is 24.3 Å². The molecular weight excluding hydrogens is 354 g/mol. The summed E-state index contributed by atoms with van der Waals surface area (Å²) in [5, 5.41) is 14.7. The van der Waals surface area contributed by atoms with Crippen LogP contribution in [0, 0.1) is 24.0 Å². The molecule has 2 N–H and O–H groups in total. The smallest absolute Gasteiger partial charge is 0.292 e. The van der Waals surface area contributed by atoms with E-state index in [9.17, 15) is 18.5 Å². The third-order valence-corrected chi connectivity index (χ3v) is 6.27. The Morgan fingerprint density at radius 1 is 1.19 bits per heavy atom. The molecule has 0 amide bonds. The van der Waals surface area contributed by atoms with E-state index in [-0.39, 0.29) is 23.2 Å². The molecular formula is C18H21N3O4S. The Morgan fingerprint density at radius 3 is 2.62 bits per heavy atom. The number of benzene rings is 2. The van der Waals surface area contributed by atoms with Crippen LogP contribution in [0.1, 0.15) is 28.3 Å². The van der Waals surface area contributed by atoms with Crippen LogP contribution < -0.4 is 10.0 Å². The summed E-state index contributed by atoms with van der Waals surface area (Å²) >= 11 is 0. The molecule has 1 atom stereocenters. The lowest BCUT2D eigenvalue weighted by molar-refractivity contribution is -0.388. The molecule has 138 valence electrons. The molecule has 0 radical (unpaired) electrons. The minimum atomic E-state index is -4.02. The summed E-state index contributed by atoms with van der Waals surface area (Å²) in [5.41, 5.74) is 2.55. The zero-order chi connectivity index (χ0) is 18.9. The zero-order valence-electron chi connectivity index (χ0n) is 14.7. The fourth-order valence-corrected chi connectivity index (χ4v) is 4.89. The van der Waals surface area contributed by atoms with Gasteiger partial charge in [0.15, 0.2) is 4.90 Å². The molecule has 0 bridgehead atoms. The van der Waals surface area contributed by atoms with E-state index >= 15 is 0 Å². The van der Waals surface area contributed by atoms with E-state index in [2.05, 4.69) is 10.0 Å². The van der Waals surface area contributed by atoms with Gasteiger partial charge in [-0.3, -0.25) is 10.1 Å². The Kier molecular flexibility index (Phi) is 5.08. The number of nitrogens with one attached hydrogen (secondary N) is 2. The van der Waals surface area contributed by atoms with Crippen molar-refractivity contribution in [3.05, 3.63) is 68.8 Å². The first-order valence-electron chi connectivity index (χ1n) is 8.36. The van der Waals surface area contributed by atoms with Crippen LogP contribution in [0.2, 0.25) is 0 Å². The van der Waals surface area contributed by atoms with Crippen LogP contribution in [0.3, 0.4) is 0 Å². The molecule has 0 aliphatic carbocycles. The first-order valence-corrected chi connectivity index (χ1v) is 9.85. The highest BCUT2D eigenvalue weighted by Crippen LogP contribution is 2.31. The first-order chi connectivity index (χ1) is 12.3. The fraction of sp³-hybridized carbons (Fsp3) is 0.333. The maximum atomic E-state index is 12.8. The van der Waals surface area contributed by atoms with Gasteiger partial charge in [-0.15, -0.1) is 0 Å². The predicted octanol–water partition coefficient (Wildman–Crippen LogP) is 2.38. The number of fused-ring (bicyclic) bond motifs is 1. The number of nitro benzene ring substituents is 1. The highest BCUT2D eigenvalue weighted by Gasteiger charge is 2.31. The number of nitrogens with zero attached hydrogens (tertiary/aromatic N) is 1. The van der Waals surface area contributed by atoms with Crippen molar-refractivity contribution in [3.63, 3.8) is 0 Å². The number of hydrogen-bond donors (Lipinski definition) is 2. The second-order valence-corrected chi connectivity index (χ2v) is 8.15. The van der Waals surface area contributed by atoms with E-state index < -0.39 is 14.9 Å². The third kappa shape index (κ3) is 3.48. The van der Waals surface area contributed by atoms with Gasteiger partial charge in [0.2, 0.25) is 10.0 Å². The molecule has 0 aromatic heterocycles. The van der Waals surface area contributed by atoms with Crippen molar-refractivity contribution in [1.29, 1.82) is 0 Å². The van der Waals surface area contributed by atoms with Crippen LogP contribution in [0.25, 0.3) is 0 Å². The van der Waals surface area contributed by atoms with Crippen molar-refractivity contribution in [2.45, 2.75) is 31.2 Å². The van der Waals surface area contributed by atoms with E-state index in [1.54, 1.807) is 19.1 Å². The molecule has 1 aliphatic rings. The van der Waals surface area contributed by atoms with Crippen LogP contribution in [-0.4, -0.2) is 26.4 Å². The highest BCUT2D eigenvalue weighted by atomic mass is 32.2. The largest absolute Gasteiger partial charge is 0.308 e. The molecule has 1 aliphatic heterocycles. The Hall–Kier alpha value is -2.29. The normalized spacial score (nSPS) is 16.9. The van der Waals surface area contributed by atoms with Gasteiger partial charge in [0, 0.05) is 18.2 Å². The van der Waals surface area contributed by atoms with Gasteiger partial charge in [0.25, 0.3) is 5.69 Å². The number of nitro groups is 1. The van der Waals surface area contributed by atoms with Gasteiger partial charge < -0.3 is 5.32 Å². The van der Waals surface area contributed by atoms with Crippen molar-refractivity contribution >= 4 is 15.7 Å². The van der Waals surface area contributed by atoms with Crippen LogP contribution >= 0.6 is 0 Å². The maximum absolute atomic E-state index is 12.8. The molecule has 2 aromatic rings. The molecule has 1 heterocycles. The lowest BCUT2D eigenvalue weighted by atomic mass is 9.95. The lowest BCUT2D eigenvalue weighted by Crippen LogP contribution is -2.39. The van der Waals surface area contributed by atoms with Crippen molar-refractivity contribution in [2.75, 3.05) is 13.1 Å². The van der Waals surface area contributed by atoms with E-state index in [4.69, 9.17) is 0 Å². The van der Waals surface area contributed by atoms with Gasteiger partial charge >= 0.3 is 0 Å². The lowest BCUT2D eigenvalue weighted by Gasteiger charge is -2.27. The topological polar surface area (TPSA) is 101 Å². The number of sulfonamides is 1. The Balaban J connectivity index is 1.90. The van der Waals surface area contributed by atoms with Crippen LogP contribution in [0.5, 0.6) is 0 Å². The molecule has 0 saturated carbocycles. The summed E-state index contributed by atoms with van der Waals surface area (Å²) in [5.74, 6) is 0. The number of rotatable bonds is 5. The highest BCUT2D eigenvalue weighted by molar-refractivity contribution is 7.89. The second kappa shape index (κ2) is 7.14. The fourth-order valence-electron chi connectivity index (χ4n) is 3.38. The summed E-state index contributed by atoms with van der Waals surface area (Å²) in [6.45, 7) is 3.99. The summed E-state index contributed by atoms with van der Waals surface area (Å²) < 4.78 is 28.2. The Labute approximate surface area is 152 Å². The molecule has 0 fully saturated rings. The van der Waals surface area contributed by atoms with Gasteiger partial charge in [-0.1, -0.05) is 36.4 Å². The monoisotopic (exact) mass is 375 g/mol. The average molecular weight is 375 g/mol. The maximum Gasteiger partial charge on any atom is 0.292 e. The molecule has 7 nitrogen and oxygen atoms in total. The average Bonchev–Trinajstić information content (AvgIpc) is 2.61. The third-order valence-electron chi connectivity index (χ3n) is 4.67. The second-order valence-electron chi connectivity index (χ2n) is 6.44. The quantitative estimate of drug-likeness (QED) is 0.617. The summed E-state index contributed by atoms with van der Waals surface area (Å²) in [4.78, 5) is 10.5. The summed E-state index contributed by atoms with van der Waals surface area (Å²) in [6.07, 6.45) is 0.891. The minimum absolute atomic E-state index is 0.129. The molecule has 3 rings (SSSR count). The molecule has 2 aromatic carbocycles. The van der Waals surface area contributed by atoms with Gasteiger partial charge in [-0.2, -0.15) is 0 Å². The summed E-state index contributed by atoms with van der Waals surface area (Å²) in [6, 6.07) is 10.9. The number of aryl methyl sites for hydroxylation is 2. The van der Waals surface area contributed by atoms with Crippen LogP contribution in [-0.2, 0) is 16.4 Å². The van der Waals surface area contributed by atoms with Gasteiger partial charge in [0.05, 0.1) is 4.92 Å². The zero-order valence-corrected chi connectivity index (χ0v) is 15.5. The van der Waals surface area contributed by atoms with E-state index in [0.29, 0.717) is 11.1 Å². The molecule has 8 heteroatoms. The van der Waals surface area contributed by atoms with Crippen molar-refractivity contribution in [2.24, 2.45) is 0 Å². The number of hydrogen-bond acceptors (Lipinski definition) is 5. The Morgan fingerprint density at radius 2 is 1.88 bits per heavy atom. The SMILES string of the molecule is Cc1ccc(C)c(S(=O)(=O)NCC2NCCc3ccccc32)c1[N+](=O)[O-]. The van der Waals surface area contributed by atoms with Crippen LogP contribution in [0.15, 0.2) is 41.3 Å². The standard InChI is InChI=1S/C18H21N3O4S/c1-12-7-8-13(2)18(17(12)21(22)23)26(24,25)20-11-16-15-6-4-3-5-14(15)9-10-19-16/h3-8,16,19-20H,9-11H2,1-2H3. The molecule has 0 saturated heterocycles. The molecule has 26 heavy (non-hydrogen) atoms.